The predicted octanol–water partition coefficient (Wildman–Crippen LogP) is 1.53. The SMILES string of the molecule is COC1=C(OC)C(=O)C([C@@H]2COc3c(ccc(O)c3OC)C2)=CC1=O. The van der Waals surface area contributed by atoms with Crippen molar-refractivity contribution in [3.63, 3.8) is 0 Å². The summed E-state index contributed by atoms with van der Waals surface area (Å²) in [6, 6.07) is 3.22. The zero-order valence-corrected chi connectivity index (χ0v) is 14.1. The first-order valence-corrected chi connectivity index (χ1v) is 7.66. The lowest BCUT2D eigenvalue weighted by atomic mass is 9.84. The number of hydrogen-bond donors (Lipinski definition) is 1. The van der Waals surface area contributed by atoms with E-state index in [4.69, 9.17) is 18.9 Å². The number of methoxy groups -OCH3 is 3. The lowest BCUT2D eigenvalue weighted by Crippen LogP contribution is -2.31. The maximum Gasteiger partial charge on any atom is 0.228 e. The van der Waals surface area contributed by atoms with Crippen LogP contribution in [-0.2, 0) is 25.5 Å². The van der Waals surface area contributed by atoms with Gasteiger partial charge in [0, 0.05) is 11.5 Å². The van der Waals surface area contributed by atoms with Gasteiger partial charge in [-0.05, 0) is 24.1 Å². The van der Waals surface area contributed by atoms with Crippen LogP contribution in [-0.4, -0.2) is 44.6 Å². The number of phenolic OH excluding ortho intramolecular Hbond substituents is 1. The minimum atomic E-state index is -0.414. The number of allylic oxidation sites excluding steroid dienone is 2. The van der Waals surface area contributed by atoms with Gasteiger partial charge in [0.25, 0.3) is 0 Å². The van der Waals surface area contributed by atoms with Crippen LogP contribution >= 0.6 is 0 Å². The fourth-order valence-corrected chi connectivity index (χ4v) is 3.12. The number of Topliss-reactive ketones (excluding diaryl/α,β-unsaturated/α-hetero) is 1. The number of rotatable bonds is 4. The molecule has 1 heterocycles. The Kier molecular flexibility index (Phi) is 4.39. The van der Waals surface area contributed by atoms with Gasteiger partial charge in [-0.2, -0.15) is 0 Å². The van der Waals surface area contributed by atoms with Crippen molar-refractivity contribution in [2.75, 3.05) is 27.9 Å². The molecule has 0 amide bonds. The quantitative estimate of drug-likeness (QED) is 0.827. The molecule has 1 aromatic carbocycles. The van der Waals surface area contributed by atoms with Gasteiger partial charge < -0.3 is 24.1 Å². The fraction of sp³-hybridized carbons (Fsp3) is 0.333. The number of carbonyl (C=O) groups is 2. The molecule has 1 atom stereocenters. The van der Waals surface area contributed by atoms with Crippen molar-refractivity contribution in [2.24, 2.45) is 5.92 Å². The van der Waals surface area contributed by atoms with Crippen molar-refractivity contribution in [1.82, 2.24) is 0 Å². The van der Waals surface area contributed by atoms with E-state index in [1.165, 1.54) is 33.5 Å². The Hall–Kier alpha value is -2.96. The molecule has 132 valence electrons. The molecule has 0 saturated heterocycles. The number of carbonyl (C=O) groups excluding carboxylic acids is 2. The van der Waals surface area contributed by atoms with E-state index < -0.39 is 5.78 Å². The van der Waals surface area contributed by atoms with E-state index in [1.807, 2.05) is 0 Å². The minimum Gasteiger partial charge on any atom is -0.504 e. The van der Waals surface area contributed by atoms with E-state index in [0.29, 0.717) is 17.7 Å². The Morgan fingerprint density at radius 2 is 1.80 bits per heavy atom. The Labute approximate surface area is 144 Å². The van der Waals surface area contributed by atoms with E-state index >= 15 is 0 Å². The average molecular weight is 346 g/mol. The first kappa shape index (κ1) is 16.9. The van der Waals surface area contributed by atoms with E-state index in [0.717, 1.165) is 5.56 Å². The zero-order chi connectivity index (χ0) is 18.1. The molecule has 0 unspecified atom stereocenters. The van der Waals surface area contributed by atoms with Crippen LogP contribution in [0.4, 0.5) is 0 Å². The van der Waals surface area contributed by atoms with Crippen LogP contribution in [0.5, 0.6) is 17.2 Å². The van der Waals surface area contributed by atoms with E-state index in [9.17, 15) is 14.7 Å². The van der Waals surface area contributed by atoms with Gasteiger partial charge in [-0.25, -0.2) is 0 Å². The molecule has 7 heteroatoms. The molecule has 3 rings (SSSR count). The summed E-state index contributed by atoms with van der Waals surface area (Å²) in [5.41, 5.74) is 1.10. The van der Waals surface area contributed by atoms with Gasteiger partial charge in [-0.15, -0.1) is 0 Å². The Balaban J connectivity index is 1.93. The van der Waals surface area contributed by atoms with Gasteiger partial charge in [0.05, 0.1) is 27.9 Å². The van der Waals surface area contributed by atoms with Crippen molar-refractivity contribution < 1.29 is 33.6 Å². The number of benzene rings is 1. The fourth-order valence-electron chi connectivity index (χ4n) is 3.12. The molecule has 0 aromatic heterocycles. The number of aromatic hydroxyl groups is 1. The largest absolute Gasteiger partial charge is 0.504 e. The normalized spacial score (nSPS) is 19.8. The monoisotopic (exact) mass is 346 g/mol. The molecule has 1 aliphatic heterocycles. The van der Waals surface area contributed by atoms with Crippen LogP contribution in [0.25, 0.3) is 0 Å². The third kappa shape index (κ3) is 2.71. The Morgan fingerprint density at radius 1 is 1.08 bits per heavy atom. The number of ketones is 2. The van der Waals surface area contributed by atoms with Crippen molar-refractivity contribution in [3.05, 3.63) is 40.9 Å². The number of ether oxygens (including phenoxy) is 4. The first-order chi connectivity index (χ1) is 12.0. The van der Waals surface area contributed by atoms with E-state index in [-0.39, 0.29) is 41.3 Å². The zero-order valence-electron chi connectivity index (χ0n) is 14.1. The van der Waals surface area contributed by atoms with Crippen molar-refractivity contribution in [2.45, 2.75) is 6.42 Å². The van der Waals surface area contributed by atoms with Crippen LogP contribution < -0.4 is 9.47 Å². The molecule has 1 N–H and O–H groups in total. The van der Waals surface area contributed by atoms with Crippen LogP contribution in [0, 0.1) is 5.92 Å². The van der Waals surface area contributed by atoms with Crippen LogP contribution in [0.1, 0.15) is 5.56 Å². The van der Waals surface area contributed by atoms with Crippen LogP contribution in [0.15, 0.2) is 35.3 Å². The van der Waals surface area contributed by atoms with Gasteiger partial charge in [-0.3, -0.25) is 9.59 Å². The van der Waals surface area contributed by atoms with E-state index in [1.54, 1.807) is 6.07 Å². The summed E-state index contributed by atoms with van der Waals surface area (Å²) in [4.78, 5) is 24.9. The second-order valence-electron chi connectivity index (χ2n) is 5.68. The summed E-state index contributed by atoms with van der Waals surface area (Å²) in [7, 11) is 4.08. The Bertz CT molecular complexity index is 804. The molecular weight excluding hydrogens is 328 g/mol. The smallest absolute Gasteiger partial charge is 0.228 e. The molecule has 2 aliphatic rings. The van der Waals surface area contributed by atoms with Gasteiger partial charge in [0.2, 0.25) is 28.8 Å². The van der Waals surface area contributed by atoms with Gasteiger partial charge in [0.1, 0.15) is 0 Å². The van der Waals surface area contributed by atoms with Crippen LogP contribution in [0.2, 0.25) is 0 Å². The van der Waals surface area contributed by atoms with Crippen molar-refractivity contribution in [1.29, 1.82) is 0 Å². The average Bonchev–Trinajstić information content (AvgIpc) is 2.62. The summed E-state index contributed by atoms with van der Waals surface area (Å²) >= 11 is 0. The van der Waals surface area contributed by atoms with Crippen molar-refractivity contribution in [3.8, 4) is 17.2 Å². The van der Waals surface area contributed by atoms with Gasteiger partial charge in [-0.1, -0.05) is 6.07 Å². The lowest BCUT2D eigenvalue weighted by molar-refractivity contribution is -0.121. The third-order valence-electron chi connectivity index (χ3n) is 4.31. The maximum absolute atomic E-state index is 12.7. The molecule has 0 fully saturated rings. The number of hydrogen-bond acceptors (Lipinski definition) is 7. The standard InChI is InChI=1S/C18H18O7/c1-22-16-12(19)5-4-9-6-10(8-25-15(9)16)11-7-13(20)17(23-2)18(24-3)14(11)21/h4-5,7,10,19H,6,8H2,1-3H3/t10-/m0/s1. The summed E-state index contributed by atoms with van der Waals surface area (Å²) in [6.07, 6.45) is 1.75. The number of fused-ring (bicyclic) bond motifs is 1. The second kappa shape index (κ2) is 6.51. The molecule has 25 heavy (non-hydrogen) atoms. The molecule has 1 aliphatic carbocycles. The number of phenols is 1. The van der Waals surface area contributed by atoms with Crippen molar-refractivity contribution >= 4 is 11.6 Å². The highest BCUT2D eigenvalue weighted by molar-refractivity contribution is 6.21. The Morgan fingerprint density at radius 3 is 2.44 bits per heavy atom. The minimum absolute atomic E-state index is 0.0165. The topological polar surface area (TPSA) is 91.3 Å². The molecule has 0 saturated carbocycles. The van der Waals surface area contributed by atoms with Gasteiger partial charge >= 0.3 is 0 Å². The highest BCUT2D eigenvalue weighted by Crippen LogP contribution is 2.43. The maximum atomic E-state index is 12.7. The third-order valence-corrected chi connectivity index (χ3v) is 4.31. The molecule has 0 spiro atoms. The predicted molar refractivity (Wildman–Crippen MR) is 86.5 cm³/mol. The van der Waals surface area contributed by atoms with Crippen LogP contribution in [0.3, 0.4) is 0 Å². The molecule has 0 bridgehead atoms. The van der Waals surface area contributed by atoms with Gasteiger partial charge in [0.15, 0.2) is 11.5 Å². The lowest BCUT2D eigenvalue weighted by Gasteiger charge is -2.29. The molecule has 1 aromatic rings. The molecule has 0 radical (unpaired) electrons. The highest BCUT2D eigenvalue weighted by atomic mass is 16.5. The summed E-state index contributed by atoms with van der Waals surface area (Å²) < 4.78 is 20.9. The highest BCUT2D eigenvalue weighted by Gasteiger charge is 2.37. The second-order valence-corrected chi connectivity index (χ2v) is 5.68. The first-order valence-electron chi connectivity index (χ1n) is 7.66. The van der Waals surface area contributed by atoms with E-state index in [2.05, 4.69) is 0 Å². The summed E-state index contributed by atoms with van der Waals surface area (Å²) in [5.74, 6) is -0.619. The molecular formula is C18H18O7. The summed E-state index contributed by atoms with van der Waals surface area (Å²) in [5, 5.41) is 9.83. The molecule has 7 nitrogen and oxygen atoms in total. The summed E-state index contributed by atoms with van der Waals surface area (Å²) in [6.45, 7) is 0.178.